The van der Waals surface area contributed by atoms with Crippen molar-refractivity contribution in [3.63, 3.8) is 0 Å². The molecule has 2 aromatic rings. The number of carbonyl (C=O) groups is 1. The molecule has 6 nitrogen and oxygen atoms in total. The molecule has 1 amide bonds. The van der Waals surface area contributed by atoms with Crippen LogP contribution in [-0.2, 0) is 12.8 Å². The first-order valence-electron chi connectivity index (χ1n) is 11.1. The number of nitrogens with zero attached hydrogens (tertiary/aromatic N) is 5. The van der Waals surface area contributed by atoms with Gasteiger partial charge in [-0.1, -0.05) is 30.2 Å². The van der Waals surface area contributed by atoms with Crippen molar-refractivity contribution in [1.82, 2.24) is 19.8 Å². The average molecular weight is 426 g/mol. The molecule has 0 radical (unpaired) electrons. The molecule has 0 spiro atoms. The van der Waals surface area contributed by atoms with E-state index in [2.05, 4.69) is 14.8 Å². The summed E-state index contributed by atoms with van der Waals surface area (Å²) in [6, 6.07) is 8.07. The lowest BCUT2D eigenvalue weighted by Gasteiger charge is -2.43. The highest BCUT2D eigenvalue weighted by atomic mass is 35.5. The van der Waals surface area contributed by atoms with Crippen LogP contribution in [0.2, 0.25) is 5.02 Å². The summed E-state index contributed by atoms with van der Waals surface area (Å²) >= 11 is 6.24. The molecule has 1 aromatic heterocycles. The monoisotopic (exact) mass is 425 g/mol. The Balaban J connectivity index is 1.25. The molecule has 2 aliphatic heterocycles. The Morgan fingerprint density at radius 1 is 1.00 bits per heavy atom. The summed E-state index contributed by atoms with van der Waals surface area (Å²) in [5.41, 5.74) is 2.80. The van der Waals surface area contributed by atoms with Crippen LogP contribution in [0.15, 0.2) is 30.5 Å². The zero-order valence-electron chi connectivity index (χ0n) is 17.3. The second kappa shape index (κ2) is 8.52. The smallest absolute Gasteiger partial charge is 0.255 e. The van der Waals surface area contributed by atoms with Gasteiger partial charge in [0, 0.05) is 57.9 Å². The third-order valence-corrected chi connectivity index (χ3v) is 7.12. The first-order chi connectivity index (χ1) is 14.7. The van der Waals surface area contributed by atoms with Crippen LogP contribution in [0.1, 0.15) is 40.9 Å². The van der Waals surface area contributed by atoms with Gasteiger partial charge in [0.25, 0.3) is 5.91 Å². The molecule has 1 aliphatic carbocycles. The molecule has 3 aliphatic rings. The van der Waals surface area contributed by atoms with Gasteiger partial charge in [-0.25, -0.2) is 9.97 Å². The van der Waals surface area contributed by atoms with Crippen molar-refractivity contribution in [1.29, 1.82) is 0 Å². The lowest BCUT2D eigenvalue weighted by atomic mass is 9.91. The molecule has 30 heavy (non-hydrogen) atoms. The quantitative estimate of drug-likeness (QED) is 0.756. The number of hydrogen-bond donors (Lipinski definition) is 0. The van der Waals surface area contributed by atoms with Crippen LogP contribution in [-0.4, -0.2) is 71.0 Å². The van der Waals surface area contributed by atoms with Gasteiger partial charge in [-0.3, -0.25) is 9.69 Å². The Morgan fingerprint density at radius 3 is 2.50 bits per heavy atom. The fourth-order valence-electron chi connectivity index (χ4n) is 4.66. The fourth-order valence-corrected chi connectivity index (χ4v) is 4.88. The highest BCUT2D eigenvalue weighted by molar-refractivity contribution is 6.33. The van der Waals surface area contributed by atoms with Crippen molar-refractivity contribution < 1.29 is 4.79 Å². The van der Waals surface area contributed by atoms with Crippen LogP contribution >= 0.6 is 11.6 Å². The summed E-state index contributed by atoms with van der Waals surface area (Å²) in [5.74, 6) is 0.835. The first-order valence-corrected chi connectivity index (χ1v) is 11.4. The molecule has 3 heterocycles. The molecule has 0 bridgehead atoms. The van der Waals surface area contributed by atoms with E-state index >= 15 is 0 Å². The molecule has 0 unspecified atom stereocenters. The van der Waals surface area contributed by atoms with E-state index in [-0.39, 0.29) is 5.91 Å². The van der Waals surface area contributed by atoms with E-state index in [9.17, 15) is 4.79 Å². The van der Waals surface area contributed by atoms with Crippen molar-refractivity contribution in [3.8, 4) is 0 Å². The molecule has 0 atom stereocenters. The maximum absolute atomic E-state index is 12.9. The highest BCUT2D eigenvalue weighted by Gasteiger charge is 2.29. The molecule has 158 valence electrons. The predicted octanol–water partition coefficient (Wildman–Crippen LogP) is 3.05. The minimum Gasteiger partial charge on any atom is -0.338 e. The topological polar surface area (TPSA) is 52.6 Å². The van der Waals surface area contributed by atoms with Gasteiger partial charge in [0.1, 0.15) is 0 Å². The lowest BCUT2D eigenvalue weighted by molar-refractivity contribution is 0.0763. The molecule has 1 saturated carbocycles. The van der Waals surface area contributed by atoms with E-state index < -0.39 is 0 Å². The summed E-state index contributed by atoms with van der Waals surface area (Å²) in [6.07, 6.45) is 7.61. The lowest BCUT2D eigenvalue weighted by Crippen LogP contribution is -2.52. The molecular formula is C23H28ClN5O. The van der Waals surface area contributed by atoms with Gasteiger partial charge in [-0.15, -0.1) is 0 Å². The number of fused-ring (bicyclic) bond motifs is 1. The van der Waals surface area contributed by atoms with Crippen molar-refractivity contribution in [3.05, 3.63) is 52.3 Å². The Kier molecular flexibility index (Phi) is 5.61. The third kappa shape index (κ3) is 3.91. The number of halogens is 1. The van der Waals surface area contributed by atoms with Gasteiger partial charge < -0.3 is 9.80 Å². The summed E-state index contributed by atoms with van der Waals surface area (Å²) < 4.78 is 0. The maximum Gasteiger partial charge on any atom is 0.255 e. The number of piperazine rings is 1. The average Bonchev–Trinajstić information content (AvgIpc) is 2.95. The number of anilines is 1. The van der Waals surface area contributed by atoms with Crippen molar-refractivity contribution in [2.75, 3.05) is 44.2 Å². The third-order valence-electron chi connectivity index (χ3n) is 6.79. The molecule has 1 aromatic carbocycles. The van der Waals surface area contributed by atoms with Gasteiger partial charge in [0.2, 0.25) is 5.95 Å². The van der Waals surface area contributed by atoms with Crippen molar-refractivity contribution in [2.24, 2.45) is 0 Å². The van der Waals surface area contributed by atoms with Gasteiger partial charge in [0.15, 0.2) is 0 Å². The Labute approximate surface area is 182 Å². The predicted molar refractivity (Wildman–Crippen MR) is 118 cm³/mol. The number of amides is 1. The molecule has 7 heteroatoms. The number of rotatable bonds is 3. The van der Waals surface area contributed by atoms with Gasteiger partial charge >= 0.3 is 0 Å². The molecule has 1 saturated heterocycles. The number of benzene rings is 1. The summed E-state index contributed by atoms with van der Waals surface area (Å²) in [6.45, 7) is 5.51. The van der Waals surface area contributed by atoms with E-state index in [0.717, 1.165) is 62.3 Å². The van der Waals surface area contributed by atoms with Gasteiger partial charge in [0.05, 0.1) is 16.3 Å². The Hall–Kier alpha value is -2.18. The first kappa shape index (κ1) is 19.8. The van der Waals surface area contributed by atoms with Crippen LogP contribution in [0.4, 0.5) is 5.95 Å². The Morgan fingerprint density at radius 2 is 1.77 bits per heavy atom. The van der Waals surface area contributed by atoms with Gasteiger partial charge in [-0.2, -0.15) is 0 Å². The largest absolute Gasteiger partial charge is 0.338 e. The number of hydrogen-bond acceptors (Lipinski definition) is 5. The minimum atomic E-state index is -0.00583. The maximum atomic E-state index is 12.9. The number of aromatic nitrogens is 2. The molecular weight excluding hydrogens is 398 g/mol. The fraction of sp³-hybridized carbons (Fsp3) is 0.522. The van der Waals surface area contributed by atoms with Crippen LogP contribution in [0.5, 0.6) is 0 Å². The normalized spacial score (nSPS) is 20.4. The van der Waals surface area contributed by atoms with Gasteiger partial charge in [-0.05, 0) is 37.0 Å². The van der Waals surface area contributed by atoms with E-state index in [0.29, 0.717) is 23.7 Å². The van der Waals surface area contributed by atoms with E-state index in [1.165, 1.54) is 19.3 Å². The summed E-state index contributed by atoms with van der Waals surface area (Å²) in [7, 11) is 0. The van der Waals surface area contributed by atoms with Crippen molar-refractivity contribution >= 4 is 23.5 Å². The zero-order valence-corrected chi connectivity index (χ0v) is 18.0. The van der Waals surface area contributed by atoms with E-state index in [4.69, 9.17) is 16.6 Å². The molecule has 2 fully saturated rings. The van der Waals surface area contributed by atoms with Crippen LogP contribution in [0.25, 0.3) is 0 Å². The molecule has 0 N–H and O–H groups in total. The number of carbonyl (C=O) groups excluding carboxylic acids is 1. The van der Waals surface area contributed by atoms with Crippen LogP contribution in [0.3, 0.4) is 0 Å². The summed E-state index contributed by atoms with van der Waals surface area (Å²) in [5, 5.41) is 0.507. The van der Waals surface area contributed by atoms with E-state index in [1.807, 2.05) is 23.2 Å². The molecule has 5 rings (SSSR count). The van der Waals surface area contributed by atoms with Crippen molar-refractivity contribution in [2.45, 2.75) is 38.1 Å². The summed E-state index contributed by atoms with van der Waals surface area (Å²) in [4.78, 5) is 29.4. The Bertz CT molecular complexity index is 924. The second-order valence-electron chi connectivity index (χ2n) is 8.52. The van der Waals surface area contributed by atoms with E-state index in [1.54, 1.807) is 12.1 Å². The van der Waals surface area contributed by atoms with Crippen LogP contribution < -0.4 is 4.90 Å². The highest BCUT2D eigenvalue weighted by Crippen LogP contribution is 2.26. The zero-order chi connectivity index (χ0) is 20.5. The van der Waals surface area contributed by atoms with Crippen LogP contribution in [0, 0.1) is 0 Å². The minimum absolute atomic E-state index is 0.00583. The SMILES string of the molecule is O=C(c1ccccc1Cl)N1CCc2cnc(N3CCN(C4CCC4)CC3)nc2CC1. The second-order valence-corrected chi connectivity index (χ2v) is 8.93. The standard InChI is InChI=1S/C23H28ClN5O/c24-20-7-2-1-6-19(20)22(30)28-10-8-17-16-25-23(26-21(17)9-11-28)29-14-12-27(13-15-29)18-4-3-5-18/h1-2,6-7,16,18H,3-5,8-15H2.